The van der Waals surface area contributed by atoms with Gasteiger partial charge in [0.25, 0.3) is 0 Å². The standard InChI is InChI=1S/C14H22ClN3O/c1-2-9-19-12-5-8-16-13(18-12)17-11-14(10-15)6-3-4-7-14/h5,8H,2-4,6-7,9-11H2,1H3,(H,16,17,18). The van der Waals surface area contributed by atoms with Crippen LogP contribution in [0.15, 0.2) is 12.3 Å². The first-order valence-electron chi connectivity index (χ1n) is 7.04. The average molecular weight is 284 g/mol. The summed E-state index contributed by atoms with van der Waals surface area (Å²) in [6.45, 7) is 3.60. The Kier molecular flexibility index (Phi) is 5.25. The Morgan fingerprint density at radius 3 is 2.89 bits per heavy atom. The molecule has 0 spiro atoms. The van der Waals surface area contributed by atoms with E-state index in [2.05, 4.69) is 22.2 Å². The van der Waals surface area contributed by atoms with Crippen LogP contribution in [0.3, 0.4) is 0 Å². The Morgan fingerprint density at radius 1 is 1.42 bits per heavy atom. The average Bonchev–Trinajstić information content (AvgIpc) is 2.93. The number of rotatable bonds is 7. The van der Waals surface area contributed by atoms with Crippen molar-refractivity contribution in [2.24, 2.45) is 5.41 Å². The van der Waals surface area contributed by atoms with E-state index in [-0.39, 0.29) is 5.41 Å². The molecule has 1 fully saturated rings. The summed E-state index contributed by atoms with van der Waals surface area (Å²) in [5, 5.41) is 3.31. The number of aromatic nitrogens is 2. The van der Waals surface area contributed by atoms with E-state index in [0.717, 1.165) is 13.0 Å². The monoisotopic (exact) mass is 283 g/mol. The van der Waals surface area contributed by atoms with Gasteiger partial charge in [-0.2, -0.15) is 4.98 Å². The molecule has 1 aliphatic rings. The highest BCUT2D eigenvalue weighted by atomic mass is 35.5. The predicted molar refractivity (Wildman–Crippen MR) is 77.9 cm³/mol. The smallest absolute Gasteiger partial charge is 0.225 e. The molecule has 1 aromatic rings. The van der Waals surface area contributed by atoms with Gasteiger partial charge in [0.1, 0.15) is 0 Å². The van der Waals surface area contributed by atoms with Crippen LogP contribution in [-0.4, -0.2) is 29.0 Å². The molecule has 0 radical (unpaired) electrons. The Labute approximate surface area is 119 Å². The second-order valence-corrected chi connectivity index (χ2v) is 5.53. The summed E-state index contributed by atoms with van der Waals surface area (Å²) in [6, 6.07) is 1.79. The van der Waals surface area contributed by atoms with Crippen molar-refractivity contribution in [2.45, 2.75) is 39.0 Å². The molecule has 1 saturated carbocycles. The lowest BCUT2D eigenvalue weighted by molar-refractivity contribution is 0.305. The fourth-order valence-corrected chi connectivity index (χ4v) is 2.83. The van der Waals surface area contributed by atoms with Crippen LogP contribution >= 0.6 is 11.6 Å². The Bertz CT molecular complexity index is 394. The SMILES string of the molecule is CCCOc1ccnc(NCC2(CCl)CCCC2)n1. The van der Waals surface area contributed by atoms with E-state index in [1.54, 1.807) is 12.3 Å². The van der Waals surface area contributed by atoms with Crippen molar-refractivity contribution in [3.63, 3.8) is 0 Å². The normalized spacial score (nSPS) is 17.4. The van der Waals surface area contributed by atoms with E-state index in [9.17, 15) is 0 Å². The Balaban J connectivity index is 1.91. The van der Waals surface area contributed by atoms with Gasteiger partial charge < -0.3 is 10.1 Å². The molecule has 2 rings (SSSR count). The van der Waals surface area contributed by atoms with Crippen LogP contribution in [0.4, 0.5) is 5.95 Å². The van der Waals surface area contributed by atoms with Crippen LogP contribution in [0.1, 0.15) is 39.0 Å². The molecule has 0 atom stereocenters. The van der Waals surface area contributed by atoms with Crippen LogP contribution in [0.5, 0.6) is 5.88 Å². The molecule has 1 N–H and O–H groups in total. The summed E-state index contributed by atoms with van der Waals surface area (Å²) in [7, 11) is 0. The van der Waals surface area contributed by atoms with Crippen LogP contribution in [0.25, 0.3) is 0 Å². The molecule has 0 amide bonds. The third-order valence-corrected chi connectivity index (χ3v) is 4.22. The number of anilines is 1. The molecule has 0 aliphatic heterocycles. The Morgan fingerprint density at radius 2 is 2.21 bits per heavy atom. The van der Waals surface area contributed by atoms with Gasteiger partial charge in [0.2, 0.25) is 11.8 Å². The van der Waals surface area contributed by atoms with Gasteiger partial charge in [-0.1, -0.05) is 19.8 Å². The number of alkyl halides is 1. The zero-order valence-corrected chi connectivity index (χ0v) is 12.2. The first-order valence-corrected chi connectivity index (χ1v) is 7.57. The molecular formula is C14H22ClN3O. The lowest BCUT2D eigenvalue weighted by atomic mass is 9.89. The van der Waals surface area contributed by atoms with Crippen molar-refractivity contribution in [3.8, 4) is 5.88 Å². The first kappa shape index (κ1) is 14.4. The quantitative estimate of drug-likeness (QED) is 0.778. The van der Waals surface area contributed by atoms with Crippen molar-refractivity contribution >= 4 is 17.5 Å². The maximum absolute atomic E-state index is 6.13. The minimum atomic E-state index is 0.213. The van der Waals surface area contributed by atoms with E-state index in [4.69, 9.17) is 16.3 Å². The number of nitrogens with one attached hydrogen (secondary N) is 1. The summed E-state index contributed by atoms with van der Waals surface area (Å²) in [5.41, 5.74) is 0.213. The van der Waals surface area contributed by atoms with E-state index in [0.29, 0.717) is 24.3 Å². The van der Waals surface area contributed by atoms with Crippen LogP contribution in [-0.2, 0) is 0 Å². The molecule has 0 saturated heterocycles. The van der Waals surface area contributed by atoms with Crippen molar-refractivity contribution in [2.75, 3.05) is 24.3 Å². The summed E-state index contributed by atoms with van der Waals surface area (Å²) >= 11 is 6.13. The van der Waals surface area contributed by atoms with Gasteiger partial charge in [-0.15, -0.1) is 11.6 Å². The molecule has 0 unspecified atom stereocenters. The largest absolute Gasteiger partial charge is 0.478 e. The predicted octanol–water partition coefficient (Wildman–Crippen LogP) is 3.48. The maximum Gasteiger partial charge on any atom is 0.225 e. The van der Waals surface area contributed by atoms with E-state index >= 15 is 0 Å². The fraction of sp³-hybridized carbons (Fsp3) is 0.714. The van der Waals surface area contributed by atoms with Crippen molar-refractivity contribution in [3.05, 3.63) is 12.3 Å². The lowest BCUT2D eigenvalue weighted by Gasteiger charge is -2.26. The van der Waals surface area contributed by atoms with Gasteiger partial charge in [-0.3, -0.25) is 0 Å². The molecule has 1 aromatic heterocycles. The van der Waals surface area contributed by atoms with Crippen LogP contribution < -0.4 is 10.1 Å². The first-order chi connectivity index (χ1) is 9.28. The second-order valence-electron chi connectivity index (χ2n) is 5.26. The molecular weight excluding hydrogens is 262 g/mol. The zero-order valence-electron chi connectivity index (χ0n) is 11.5. The molecule has 19 heavy (non-hydrogen) atoms. The van der Waals surface area contributed by atoms with Crippen LogP contribution in [0.2, 0.25) is 0 Å². The number of hydrogen-bond donors (Lipinski definition) is 1. The van der Waals surface area contributed by atoms with E-state index in [1.165, 1.54) is 25.7 Å². The summed E-state index contributed by atoms with van der Waals surface area (Å²) in [5.74, 6) is 1.96. The molecule has 106 valence electrons. The van der Waals surface area contributed by atoms with Crippen LogP contribution in [0, 0.1) is 5.41 Å². The molecule has 4 nitrogen and oxygen atoms in total. The van der Waals surface area contributed by atoms with Gasteiger partial charge in [0.05, 0.1) is 6.61 Å². The van der Waals surface area contributed by atoms with Gasteiger partial charge in [0.15, 0.2) is 0 Å². The third kappa shape index (κ3) is 3.96. The fourth-order valence-electron chi connectivity index (χ4n) is 2.46. The minimum absolute atomic E-state index is 0.213. The number of nitrogens with zero attached hydrogens (tertiary/aromatic N) is 2. The van der Waals surface area contributed by atoms with E-state index in [1.807, 2.05) is 0 Å². The van der Waals surface area contributed by atoms with E-state index < -0.39 is 0 Å². The second kappa shape index (κ2) is 6.94. The topological polar surface area (TPSA) is 47.0 Å². The number of hydrogen-bond acceptors (Lipinski definition) is 4. The molecule has 5 heteroatoms. The minimum Gasteiger partial charge on any atom is -0.478 e. The van der Waals surface area contributed by atoms with Gasteiger partial charge in [0, 0.05) is 30.1 Å². The van der Waals surface area contributed by atoms with Crippen molar-refractivity contribution in [1.29, 1.82) is 0 Å². The lowest BCUT2D eigenvalue weighted by Crippen LogP contribution is -2.29. The highest BCUT2D eigenvalue weighted by molar-refractivity contribution is 6.18. The number of ether oxygens (including phenoxy) is 1. The third-order valence-electron chi connectivity index (χ3n) is 3.65. The highest BCUT2D eigenvalue weighted by Crippen LogP contribution is 2.39. The van der Waals surface area contributed by atoms with Crippen molar-refractivity contribution < 1.29 is 4.74 Å². The summed E-state index contributed by atoms with van der Waals surface area (Å²) in [6.07, 6.45) is 7.62. The molecule has 1 aliphatic carbocycles. The molecule has 0 bridgehead atoms. The maximum atomic E-state index is 6.13. The summed E-state index contributed by atoms with van der Waals surface area (Å²) in [4.78, 5) is 8.58. The van der Waals surface area contributed by atoms with Crippen molar-refractivity contribution in [1.82, 2.24) is 9.97 Å². The molecule has 1 heterocycles. The van der Waals surface area contributed by atoms with Gasteiger partial charge in [-0.25, -0.2) is 4.98 Å². The highest BCUT2D eigenvalue weighted by Gasteiger charge is 2.32. The number of halogens is 1. The zero-order chi connectivity index (χ0) is 13.6. The van der Waals surface area contributed by atoms with Gasteiger partial charge >= 0.3 is 0 Å². The van der Waals surface area contributed by atoms with Gasteiger partial charge in [-0.05, 0) is 19.3 Å². The summed E-state index contributed by atoms with van der Waals surface area (Å²) < 4.78 is 5.50. The molecule has 0 aromatic carbocycles. The Hall–Kier alpha value is -1.03.